The van der Waals surface area contributed by atoms with Gasteiger partial charge in [-0.15, -0.1) is 0 Å². The van der Waals surface area contributed by atoms with Crippen molar-refractivity contribution in [3.8, 4) is 0 Å². The van der Waals surface area contributed by atoms with Crippen LogP contribution in [0.2, 0.25) is 0 Å². The van der Waals surface area contributed by atoms with Gasteiger partial charge >= 0.3 is 0 Å². The number of amides is 1. The summed E-state index contributed by atoms with van der Waals surface area (Å²) >= 11 is 0. The monoisotopic (exact) mass is 290 g/mol. The SMILES string of the molecule is CCc1nccn1C1CCCN(C(=O)[C@H]2CCCCN2)C1. The molecule has 0 aliphatic carbocycles. The second-order valence-electron chi connectivity index (χ2n) is 6.19. The molecular weight excluding hydrogens is 264 g/mol. The van der Waals surface area contributed by atoms with E-state index >= 15 is 0 Å². The van der Waals surface area contributed by atoms with Crippen molar-refractivity contribution in [1.29, 1.82) is 0 Å². The third kappa shape index (κ3) is 3.12. The van der Waals surface area contributed by atoms with Gasteiger partial charge in [0.25, 0.3) is 0 Å². The van der Waals surface area contributed by atoms with Crippen molar-refractivity contribution in [1.82, 2.24) is 19.8 Å². The van der Waals surface area contributed by atoms with E-state index in [2.05, 4.69) is 32.9 Å². The van der Waals surface area contributed by atoms with E-state index in [9.17, 15) is 4.79 Å². The van der Waals surface area contributed by atoms with Gasteiger partial charge in [-0.25, -0.2) is 4.98 Å². The fourth-order valence-corrected chi connectivity index (χ4v) is 3.62. The minimum Gasteiger partial charge on any atom is -0.339 e. The molecule has 1 amide bonds. The summed E-state index contributed by atoms with van der Waals surface area (Å²) in [6, 6.07) is 0.440. The van der Waals surface area contributed by atoms with Crippen LogP contribution in [0.15, 0.2) is 12.4 Å². The molecular formula is C16H26N4O. The maximum Gasteiger partial charge on any atom is 0.239 e. The van der Waals surface area contributed by atoms with E-state index in [0.29, 0.717) is 11.9 Å². The molecule has 116 valence electrons. The van der Waals surface area contributed by atoms with Gasteiger partial charge in [-0.1, -0.05) is 13.3 Å². The molecule has 21 heavy (non-hydrogen) atoms. The summed E-state index contributed by atoms with van der Waals surface area (Å²) in [6.45, 7) is 4.86. The van der Waals surface area contributed by atoms with Crippen LogP contribution in [0.3, 0.4) is 0 Å². The van der Waals surface area contributed by atoms with Gasteiger partial charge in [0.05, 0.1) is 12.1 Å². The van der Waals surface area contributed by atoms with Gasteiger partial charge < -0.3 is 14.8 Å². The van der Waals surface area contributed by atoms with Crippen molar-refractivity contribution < 1.29 is 4.79 Å². The van der Waals surface area contributed by atoms with Crippen molar-refractivity contribution in [3.63, 3.8) is 0 Å². The Morgan fingerprint density at radius 3 is 3.05 bits per heavy atom. The summed E-state index contributed by atoms with van der Waals surface area (Å²) in [7, 11) is 0. The Morgan fingerprint density at radius 2 is 2.29 bits per heavy atom. The Morgan fingerprint density at radius 1 is 1.38 bits per heavy atom. The summed E-state index contributed by atoms with van der Waals surface area (Å²) < 4.78 is 2.27. The number of hydrogen-bond acceptors (Lipinski definition) is 3. The van der Waals surface area contributed by atoms with E-state index in [1.807, 2.05) is 6.20 Å². The number of carbonyl (C=O) groups excluding carboxylic acids is 1. The van der Waals surface area contributed by atoms with Crippen LogP contribution >= 0.6 is 0 Å². The fraction of sp³-hybridized carbons (Fsp3) is 0.750. The highest BCUT2D eigenvalue weighted by Crippen LogP contribution is 2.24. The van der Waals surface area contributed by atoms with Crippen molar-refractivity contribution in [2.75, 3.05) is 19.6 Å². The predicted molar refractivity (Wildman–Crippen MR) is 82.1 cm³/mol. The molecule has 1 aromatic rings. The van der Waals surface area contributed by atoms with Crippen LogP contribution in [0.5, 0.6) is 0 Å². The number of aryl methyl sites for hydroxylation is 1. The second-order valence-corrected chi connectivity index (χ2v) is 6.19. The predicted octanol–water partition coefficient (Wildman–Crippen LogP) is 1.75. The lowest BCUT2D eigenvalue weighted by Gasteiger charge is -2.37. The molecule has 3 rings (SSSR count). The maximum atomic E-state index is 12.7. The minimum absolute atomic E-state index is 0.0472. The van der Waals surface area contributed by atoms with E-state index in [0.717, 1.165) is 51.1 Å². The first kappa shape index (κ1) is 14.6. The number of rotatable bonds is 3. The topological polar surface area (TPSA) is 50.2 Å². The highest BCUT2D eigenvalue weighted by Gasteiger charge is 2.30. The van der Waals surface area contributed by atoms with Crippen LogP contribution < -0.4 is 5.32 Å². The average molecular weight is 290 g/mol. The molecule has 5 heteroatoms. The lowest BCUT2D eigenvalue weighted by atomic mass is 10.0. The number of carbonyl (C=O) groups is 1. The zero-order valence-electron chi connectivity index (χ0n) is 12.9. The number of imidazole rings is 1. The molecule has 2 atom stereocenters. The quantitative estimate of drug-likeness (QED) is 0.922. The lowest BCUT2D eigenvalue weighted by molar-refractivity contribution is -0.135. The van der Waals surface area contributed by atoms with Gasteiger partial charge in [0, 0.05) is 31.9 Å². The van der Waals surface area contributed by atoms with Gasteiger partial charge in [-0.2, -0.15) is 0 Å². The first-order valence-corrected chi connectivity index (χ1v) is 8.33. The van der Waals surface area contributed by atoms with E-state index in [-0.39, 0.29) is 6.04 Å². The Bertz CT molecular complexity index is 478. The summed E-state index contributed by atoms with van der Waals surface area (Å²) in [4.78, 5) is 19.1. The standard InChI is InChI=1S/C16H26N4O/c1-2-15-18-9-11-20(15)13-6-5-10-19(12-13)16(21)14-7-3-4-8-17-14/h9,11,13-14,17H,2-8,10,12H2,1H3/t13?,14-/m1/s1. The van der Waals surface area contributed by atoms with Crippen LogP contribution in [-0.2, 0) is 11.2 Å². The van der Waals surface area contributed by atoms with Crippen molar-refractivity contribution in [2.24, 2.45) is 0 Å². The lowest BCUT2D eigenvalue weighted by Crippen LogP contribution is -2.51. The van der Waals surface area contributed by atoms with Crippen LogP contribution in [0.25, 0.3) is 0 Å². The van der Waals surface area contributed by atoms with Gasteiger partial charge in [0.2, 0.25) is 5.91 Å². The van der Waals surface area contributed by atoms with Gasteiger partial charge in [-0.05, 0) is 32.2 Å². The highest BCUT2D eigenvalue weighted by molar-refractivity contribution is 5.82. The second kappa shape index (κ2) is 6.60. The van der Waals surface area contributed by atoms with Crippen molar-refractivity contribution in [3.05, 3.63) is 18.2 Å². The highest BCUT2D eigenvalue weighted by atomic mass is 16.2. The number of hydrogen-bond donors (Lipinski definition) is 1. The van der Waals surface area contributed by atoms with Crippen LogP contribution in [0.1, 0.15) is 50.9 Å². The molecule has 2 saturated heterocycles. The molecule has 1 unspecified atom stereocenters. The van der Waals surface area contributed by atoms with Crippen LogP contribution in [-0.4, -0.2) is 46.0 Å². The normalized spacial score (nSPS) is 26.8. The molecule has 5 nitrogen and oxygen atoms in total. The summed E-state index contributed by atoms with van der Waals surface area (Å²) in [5.41, 5.74) is 0. The number of likely N-dealkylation sites (tertiary alicyclic amines) is 1. The number of nitrogens with one attached hydrogen (secondary N) is 1. The summed E-state index contributed by atoms with van der Waals surface area (Å²) in [5.74, 6) is 1.43. The van der Waals surface area contributed by atoms with Crippen LogP contribution in [0, 0.1) is 0 Å². The zero-order chi connectivity index (χ0) is 14.7. The molecule has 1 N–H and O–H groups in total. The van der Waals surface area contributed by atoms with E-state index in [1.165, 1.54) is 12.8 Å². The van der Waals surface area contributed by atoms with Crippen LogP contribution in [0.4, 0.5) is 0 Å². The molecule has 0 bridgehead atoms. The Labute approximate surface area is 126 Å². The largest absolute Gasteiger partial charge is 0.339 e. The summed E-state index contributed by atoms with van der Waals surface area (Å²) in [6.07, 6.45) is 10.5. The van der Waals surface area contributed by atoms with Crippen molar-refractivity contribution in [2.45, 2.75) is 57.5 Å². The third-order valence-electron chi connectivity index (χ3n) is 4.78. The molecule has 0 spiro atoms. The maximum absolute atomic E-state index is 12.7. The van der Waals surface area contributed by atoms with E-state index in [1.54, 1.807) is 0 Å². The Kier molecular flexibility index (Phi) is 4.58. The summed E-state index contributed by atoms with van der Waals surface area (Å²) in [5, 5.41) is 3.38. The minimum atomic E-state index is 0.0472. The molecule has 2 aliphatic heterocycles. The van der Waals surface area contributed by atoms with Gasteiger partial charge in [-0.3, -0.25) is 4.79 Å². The first-order valence-electron chi connectivity index (χ1n) is 8.33. The Balaban J connectivity index is 1.66. The fourth-order valence-electron chi connectivity index (χ4n) is 3.62. The van der Waals surface area contributed by atoms with Crippen molar-refractivity contribution >= 4 is 5.91 Å². The Hall–Kier alpha value is -1.36. The number of aromatic nitrogens is 2. The third-order valence-corrected chi connectivity index (χ3v) is 4.78. The molecule has 2 aliphatic rings. The zero-order valence-corrected chi connectivity index (χ0v) is 12.9. The number of piperidine rings is 2. The molecule has 2 fully saturated rings. The van der Waals surface area contributed by atoms with E-state index < -0.39 is 0 Å². The van der Waals surface area contributed by atoms with Gasteiger partial charge in [0.15, 0.2) is 0 Å². The molecule has 0 saturated carbocycles. The average Bonchev–Trinajstić information content (AvgIpc) is 3.04. The smallest absolute Gasteiger partial charge is 0.239 e. The number of nitrogens with zero attached hydrogens (tertiary/aromatic N) is 3. The molecule has 3 heterocycles. The molecule has 0 radical (unpaired) electrons. The van der Waals surface area contributed by atoms with Gasteiger partial charge in [0.1, 0.15) is 5.82 Å². The van der Waals surface area contributed by atoms with E-state index in [4.69, 9.17) is 0 Å². The molecule has 0 aromatic carbocycles. The molecule has 1 aromatic heterocycles. The first-order chi connectivity index (χ1) is 10.3.